The zero-order valence-corrected chi connectivity index (χ0v) is 12.4. The number of nitrogens with zero attached hydrogens (tertiary/aromatic N) is 1. The van der Waals surface area contributed by atoms with Gasteiger partial charge in [-0.25, -0.2) is 0 Å². The number of nitrogens with two attached hydrogens (primary N) is 1. The van der Waals surface area contributed by atoms with Crippen molar-refractivity contribution in [3.63, 3.8) is 0 Å². The van der Waals surface area contributed by atoms with Gasteiger partial charge >= 0.3 is 0 Å². The van der Waals surface area contributed by atoms with E-state index < -0.39 is 0 Å². The van der Waals surface area contributed by atoms with Crippen LogP contribution in [-0.2, 0) is 0 Å². The summed E-state index contributed by atoms with van der Waals surface area (Å²) in [6.45, 7) is 5.04. The van der Waals surface area contributed by atoms with Gasteiger partial charge in [-0.15, -0.1) is 11.3 Å². The lowest BCUT2D eigenvalue weighted by molar-refractivity contribution is 0.0759. The van der Waals surface area contributed by atoms with Crippen molar-refractivity contribution in [2.24, 2.45) is 11.7 Å². The van der Waals surface area contributed by atoms with Crippen LogP contribution in [0.4, 0.5) is 0 Å². The molecule has 2 N–H and O–H groups in total. The minimum Gasteiger partial charge on any atom is -0.496 e. The summed E-state index contributed by atoms with van der Waals surface area (Å²) in [6, 6.07) is 1.75. The maximum atomic E-state index is 12.3. The smallest absolute Gasteiger partial charge is 0.264 e. The fourth-order valence-corrected chi connectivity index (χ4v) is 2.37. The van der Waals surface area contributed by atoms with Gasteiger partial charge in [-0.05, 0) is 6.92 Å². The normalized spacial score (nSPS) is 11.9. The average molecular weight is 286 g/mol. The number of rotatable bonds is 6. The quantitative estimate of drug-likeness (QED) is 0.814. The highest BCUT2D eigenvalue weighted by Gasteiger charge is 2.19. The molecule has 0 saturated carbocycles. The van der Waals surface area contributed by atoms with Crippen LogP contribution in [0.2, 0.25) is 0 Å². The van der Waals surface area contributed by atoms with E-state index in [9.17, 15) is 4.79 Å². The molecule has 0 saturated heterocycles. The summed E-state index contributed by atoms with van der Waals surface area (Å²) in [4.78, 5) is 15.1. The van der Waals surface area contributed by atoms with Gasteiger partial charge in [0.25, 0.3) is 5.91 Å². The van der Waals surface area contributed by atoms with E-state index in [1.807, 2.05) is 19.2 Å². The van der Waals surface area contributed by atoms with Crippen molar-refractivity contribution < 1.29 is 9.53 Å². The molecule has 6 heteroatoms. The monoisotopic (exact) mass is 286 g/mol. The molecule has 1 aromatic rings. The number of methoxy groups -OCH3 is 1. The van der Waals surface area contributed by atoms with Gasteiger partial charge in [-0.3, -0.25) is 4.79 Å². The second kappa shape index (κ2) is 6.70. The lowest BCUT2D eigenvalue weighted by Gasteiger charge is -2.23. The van der Waals surface area contributed by atoms with E-state index in [0.29, 0.717) is 28.7 Å². The van der Waals surface area contributed by atoms with Crippen LogP contribution in [0.1, 0.15) is 23.5 Å². The summed E-state index contributed by atoms with van der Waals surface area (Å²) in [7, 11) is 1.59. The molecular weight excluding hydrogens is 268 g/mol. The van der Waals surface area contributed by atoms with Crippen LogP contribution in [0.3, 0.4) is 0 Å². The third-order valence-corrected chi connectivity index (χ3v) is 3.97. The van der Waals surface area contributed by atoms with Gasteiger partial charge in [0.1, 0.15) is 5.75 Å². The van der Waals surface area contributed by atoms with Crippen LogP contribution in [0.25, 0.3) is 0 Å². The zero-order valence-electron chi connectivity index (χ0n) is 10.8. The predicted molar refractivity (Wildman–Crippen MR) is 78.4 cm³/mol. The predicted octanol–water partition coefficient (Wildman–Crippen LogP) is 2.14. The van der Waals surface area contributed by atoms with Crippen LogP contribution >= 0.6 is 23.6 Å². The summed E-state index contributed by atoms with van der Waals surface area (Å²) < 4.78 is 5.08. The number of ether oxygens (including phenoxy) is 1. The number of thiophene rings is 1. The molecule has 0 bridgehead atoms. The summed E-state index contributed by atoms with van der Waals surface area (Å²) >= 11 is 6.31. The summed E-state index contributed by atoms with van der Waals surface area (Å²) in [5, 5.41) is 1.82. The maximum Gasteiger partial charge on any atom is 0.264 e. The lowest BCUT2D eigenvalue weighted by Crippen LogP contribution is -2.37. The number of amides is 1. The minimum atomic E-state index is -0.00565. The topological polar surface area (TPSA) is 55.6 Å². The molecule has 0 aromatic carbocycles. The Labute approximate surface area is 117 Å². The molecule has 0 aliphatic carbocycles. The molecule has 0 radical (unpaired) electrons. The number of hydrogen-bond donors (Lipinski definition) is 1. The minimum absolute atomic E-state index is 0.00565. The van der Waals surface area contributed by atoms with Crippen LogP contribution < -0.4 is 10.5 Å². The highest BCUT2D eigenvalue weighted by molar-refractivity contribution is 7.80. The van der Waals surface area contributed by atoms with Crippen molar-refractivity contribution in [1.29, 1.82) is 0 Å². The Balaban J connectivity index is 2.75. The van der Waals surface area contributed by atoms with Crippen LogP contribution in [0.5, 0.6) is 5.75 Å². The highest BCUT2D eigenvalue weighted by atomic mass is 32.1. The van der Waals surface area contributed by atoms with E-state index in [4.69, 9.17) is 22.7 Å². The summed E-state index contributed by atoms with van der Waals surface area (Å²) in [6.07, 6.45) is 0. The number of thiocarbonyl (C=S) groups is 1. The molecule has 1 rings (SSSR count). The first kappa shape index (κ1) is 14.9. The molecule has 1 amide bonds. The fraction of sp³-hybridized carbons (Fsp3) is 0.500. The van der Waals surface area contributed by atoms with Crippen molar-refractivity contribution in [3.8, 4) is 5.75 Å². The van der Waals surface area contributed by atoms with Crippen molar-refractivity contribution in [1.82, 2.24) is 4.90 Å². The second-order valence-electron chi connectivity index (χ2n) is 4.00. The molecule has 0 spiro atoms. The van der Waals surface area contributed by atoms with Gasteiger partial charge < -0.3 is 15.4 Å². The molecule has 4 nitrogen and oxygen atoms in total. The number of carbonyl (C=O) groups excluding carboxylic acids is 1. The van der Waals surface area contributed by atoms with Gasteiger partial charge in [0, 0.05) is 30.5 Å². The van der Waals surface area contributed by atoms with Gasteiger partial charge in [0.15, 0.2) is 0 Å². The molecule has 18 heavy (non-hydrogen) atoms. The van der Waals surface area contributed by atoms with Crippen LogP contribution in [0.15, 0.2) is 11.4 Å². The molecule has 1 atom stereocenters. The molecule has 0 fully saturated rings. The second-order valence-corrected chi connectivity index (χ2v) is 5.38. The first-order valence-electron chi connectivity index (χ1n) is 5.70. The first-order valence-corrected chi connectivity index (χ1v) is 6.99. The summed E-state index contributed by atoms with van der Waals surface area (Å²) in [5.41, 5.74) is 5.58. The zero-order chi connectivity index (χ0) is 13.7. The first-order chi connectivity index (χ1) is 8.49. The molecule has 1 aromatic heterocycles. The standard InChI is InChI=1S/C12H18N2O2S2/c1-4-14(6-8(2)11(13)17)12(15)10-5-9(16-3)7-18-10/h5,7-8H,4,6H2,1-3H3,(H2,13,17). The third kappa shape index (κ3) is 3.68. The molecule has 100 valence electrons. The SMILES string of the molecule is CCN(CC(C)C(N)=S)C(=O)c1cc(OC)cs1. The van der Waals surface area contributed by atoms with E-state index in [-0.39, 0.29) is 11.8 Å². The molecule has 1 heterocycles. The Morgan fingerprint density at radius 2 is 2.33 bits per heavy atom. The van der Waals surface area contributed by atoms with Crippen molar-refractivity contribution in [2.75, 3.05) is 20.2 Å². The Hall–Kier alpha value is -1.14. The Kier molecular flexibility index (Phi) is 5.55. The lowest BCUT2D eigenvalue weighted by atomic mass is 10.1. The summed E-state index contributed by atoms with van der Waals surface area (Å²) in [5.74, 6) is 0.724. The Bertz CT molecular complexity index is 431. The van der Waals surface area contributed by atoms with Gasteiger partial charge in [0.05, 0.1) is 17.0 Å². The average Bonchev–Trinajstić information content (AvgIpc) is 2.83. The Morgan fingerprint density at radius 1 is 1.67 bits per heavy atom. The van der Waals surface area contributed by atoms with Crippen molar-refractivity contribution in [3.05, 3.63) is 16.3 Å². The van der Waals surface area contributed by atoms with Crippen LogP contribution in [-0.4, -0.2) is 36.0 Å². The number of hydrogen-bond acceptors (Lipinski definition) is 4. The van der Waals surface area contributed by atoms with E-state index in [1.54, 1.807) is 18.1 Å². The third-order valence-electron chi connectivity index (χ3n) is 2.67. The van der Waals surface area contributed by atoms with Crippen molar-refractivity contribution >= 4 is 34.5 Å². The van der Waals surface area contributed by atoms with Gasteiger partial charge in [-0.1, -0.05) is 19.1 Å². The van der Waals surface area contributed by atoms with Gasteiger partial charge in [-0.2, -0.15) is 0 Å². The van der Waals surface area contributed by atoms with E-state index in [0.717, 1.165) is 0 Å². The fourth-order valence-electron chi connectivity index (χ4n) is 1.47. The Morgan fingerprint density at radius 3 is 2.78 bits per heavy atom. The molecule has 0 aliphatic heterocycles. The molecule has 0 aliphatic rings. The van der Waals surface area contributed by atoms with Gasteiger partial charge in [0.2, 0.25) is 0 Å². The van der Waals surface area contributed by atoms with Crippen LogP contribution in [0, 0.1) is 5.92 Å². The largest absolute Gasteiger partial charge is 0.496 e. The molecule has 1 unspecified atom stereocenters. The molecular formula is C12H18N2O2S2. The number of carbonyl (C=O) groups is 1. The highest BCUT2D eigenvalue weighted by Crippen LogP contribution is 2.22. The van der Waals surface area contributed by atoms with Crippen molar-refractivity contribution in [2.45, 2.75) is 13.8 Å². The van der Waals surface area contributed by atoms with E-state index >= 15 is 0 Å². The maximum absolute atomic E-state index is 12.3. The van der Waals surface area contributed by atoms with E-state index in [1.165, 1.54) is 11.3 Å². The van der Waals surface area contributed by atoms with E-state index in [2.05, 4.69) is 0 Å².